The Hall–Kier alpha value is -2.21. The van der Waals surface area contributed by atoms with Gasteiger partial charge in [-0.15, -0.1) is 0 Å². The Morgan fingerprint density at radius 3 is 2.48 bits per heavy atom. The predicted octanol–water partition coefficient (Wildman–Crippen LogP) is 3.70. The fraction of sp³-hybridized carbons (Fsp3) is 0.143. The van der Waals surface area contributed by atoms with Crippen LogP contribution in [0.1, 0.15) is 17.3 Å². The maximum absolute atomic E-state index is 13.7. The summed E-state index contributed by atoms with van der Waals surface area (Å²) in [7, 11) is 0. The van der Waals surface area contributed by atoms with Crippen LogP contribution in [0.15, 0.2) is 30.5 Å². The number of anilines is 2. The number of rotatable bonds is 4. The van der Waals surface area contributed by atoms with Crippen molar-refractivity contribution < 1.29 is 13.6 Å². The molecule has 0 saturated carbocycles. The van der Waals surface area contributed by atoms with E-state index < -0.39 is 17.5 Å². The van der Waals surface area contributed by atoms with Crippen molar-refractivity contribution in [1.82, 2.24) is 4.98 Å². The quantitative estimate of drug-likeness (QED) is 0.905. The summed E-state index contributed by atoms with van der Waals surface area (Å²) in [5.74, 6) is -2.08. The number of amides is 1. The van der Waals surface area contributed by atoms with Gasteiger partial charge < -0.3 is 10.6 Å². The molecule has 110 valence electrons. The number of hydrogen-bond donors (Lipinski definition) is 2. The summed E-state index contributed by atoms with van der Waals surface area (Å²) < 4.78 is 27.5. The van der Waals surface area contributed by atoms with E-state index in [1.807, 2.05) is 0 Å². The first kappa shape index (κ1) is 15.2. The van der Waals surface area contributed by atoms with E-state index in [-0.39, 0.29) is 17.1 Å². The predicted molar refractivity (Wildman–Crippen MR) is 77.7 cm³/mol. The van der Waals surface area contributed by atoms with E-state index in [4.69, 9.17) is 11.6 Å². The maximum atomic E-state index is 13.7. The normalized spacial score (nSPS) is 10.3. The third-order valence-corrected chi connectivity index (χ3v) is 2.85. The van der Waals surface area contributed by atoms with Gasteiger partial charge in [0.05, 0.1) is 5.02 Å². The molecule has 0 atom stereocenters. The fourth-order valence-corrected chi connectivity index (χ4v) is 1.80. The molecule has 1 aromatic heterocycles. The Morgan fingerprint density at radius 2 is 1.95 bits per heavy atom. The monoisotopic (exact) mass is 311 g/mol. The zero-order valence-electron chi connectivity index (χ0n) is 11.1. The van der Waals surface area contributed by atoms with Crippen LogP contribution >= 0.6 is 11.6 Å². The smallest absolute Gasteiger partial charge is 0.257 e. The number of carbonyl (C=O) groups excluding carboxylic acids is 1. The minimum absolute atomic E-state index is 0.136. The molecule has 2 N–H and O–H groups in total. The SMILES string of the molecule is CCNc1c(F)cc(C(=O)Nc2ccc(Cl)cn2)cc1F. The molecule has 21 heavy (non-hydrogen) atoms. The summed E-state index contributed by atoms with van der Waals surface area (Å²) in [5, 5.41) is 5.40. The van der Waals surface area contributed by atoms with Gasteiger partial charge in [0.15, 0.2) is 0 Å². The number of nitrogens with one attached hydrogen (secondary N) is 2. The van der Waals surface area contributed by atoms with E-state index in [9.17, 15) is 13.6 Å². The summed E-state index contributed by atoms with van der Waals surface area (Å²) in [4.78, 5) is 15.8. The number of benzene rings is 1. The number of carbonyl (C=O) groups is 1. The number of hydrogen-bond acceptors (Lipinski definition) is 3. The number of halogens is 3. The highest BCUT2D eigenvalue weighted by Gasteiger charge is 2.15. The third kappa shape index (κ3) is 3.66. The Morgan fingerprint density at radius 1 is 1.29 bits per heavy atom. The van der Waals surface area contributed by atoms with Gasteiger partial charge in [0.2, 0.25) is 0 Å². The van der Waals surface area contributed by atoms with Crippen LogP contribution in [0.2, 0.25) is 5.02 Å². The van der Waals surface area contributed by atoms with E-state index in [0.717, 1.165) is 12.1 Å². The van der Waals surface area contributed by atoms with Crippen molar-refractivity contribution in [1.29, 1.82) is 0 Å². The second-order valence-electron chi connectivity index (χ2n) is 4.16. The second-order valence-corrected chi connectivity index (χ2v) is 4.60. The van der Waals surface area contributed by atoms with Crippen LogP contribution in [0.25, 0.3) is 0 Å². The average molecular weight is 312 g/mol. The second kappa shape index (κ2) is 6.49. The first-order valence-electron chi connectivity index (χ1n) is 6.17. The molecule has 2 rings (SSSR count). The van der Waals surface area contributed by atoms with E-state index in [2.05, 4.69) is 15.6 Å². The van der Waals surface area contributed by atoms with Crippen LogP contribution in [-0.4, -0.2) is 17.4 Å². The molecule has 0 saturated heterocycles. The van der Waals surface area contributed by atoms with Gasteiger partial charge in [-0.05, 0) is 31.2 Å². The lowest BCUT2D eigenvalue weighted by atomic mass is 10.1. The van der Waals surface area contributed by atoms with Crippen LogP contribution < -0.4 is 10.6 Å². The molecule has 4 nitrogen and oxygen atoms in total. The Kier molecular flexibility index (Phi) is 4.70. The molecule has 1 aromatic carbocycles. The van der Waals surface area contributed by atoms with Gasteiger partial charge in [0.1, 0.15) is 23.1 Å². The van der Waals surface area contributed by atoms with Crippen LogP contribution in [0, 0.1) is 11.6 Å². The van der Waals surface area contributed by atoms with E-state index in [0.29, 0.717) is 11.6 Å². The lowest BCUT2D eigenvalue weighted by Crippen LogP contribution is -2.14. The Bertz CT molecular complexity index is 639. The van der Waals surface area contributed by atoms with E-state index >= 15 is 0 Å². The summed E-state index contributed by atoms with van der Waals surface area (Å²) in [6.45, 7) is 2.08. The summed E-state index contributed by atoms with van der Waals surface area (Å²) in [6.07, 6.45) is 1.35. The van der Waals surface area contributed by atoms with Gasteiger partial charge in [-0.25, -0.2) is 13.8 Å². The van der Waals surface area contributed by atoms with Crippen LogP contribution in [0.3, 0.4) is 0 Å². The van der Waals surface area contributed by atoms with Gasteiger partial charge >= 0.3 is 0 Å². The molecule has 1 amide bonds. The largest absolute Gasteiger partial charge is 0.381 e. The highest BCUT2D eigenvalue weighted by atomic mass is 35.5. The molecule has 0 aliphatic rings. The number of aromatic nitrogens is 1. The molecular formula is C14H12ClF2N3O. The summed E-state index contributed by atoms with van der Waals surface area (Å²) in [5.41, 5.74) is -0.387. The molecule has 0 radical (unpaired) electrons. The van der Waals surface area contributed by atoms with Crippen molar-refractivity contribution in [2.24, 2.45) is 0 Å². The Balaban J connectivity index is 2.21. The minimum Gasteiger partial charge on any atom is -0.381 e. The summed E-state index contributed by atoms with van der Waals surface area (Å²) in [6, 6.07) is 4.96. The van der Waals surface area contributed by atoms with E-state index in [1.54, 1.807) is 13.0 Å². The van der Waals surface area contributed by atoms with Crippen molar-refractivity contribution >= 4 is 29.0 Å². The maximum Gasteiger partial charge on any atom is 0.257 e. The minimum atomic E-state index is -0.828. The molecule has 0 unspecified atom stereocenters. The molecule has 0 bridgehead atoms. The lowest BCUT2D eigenvalue weighted by Gasteiger charge is -2.09. The molecule has 0 aliphatic carbocycles. The van der Waals surface area contributed by atoms with Gasteiger partial charge in [-0.3, -0.25) is 4.79 Å². The zero-order chi connectivity index (χ0) is 15.4. The first-order chi connectivity index (χ1) is 10.0. The number of nitrogens with zero attached hydrogens (tertiary/aromatic N) is 1. The van der Waals surface area contributed by atoms with Gasteiger partial charge in [-0.1, -0.05) is 11.6 Å². The zero-order valence-corrected chi connectivity index (χ0v) is 11.8. The molecule has 1 heterocycles. The van der Waals surface area contributed by atoms with Crippen molar-refractivity contribution in [3.05, 3.63) is 52.7 Å². The topological polar surface area (TPSA) is 54.0 Å². The standard InChI is InChI=1S/C14H12ClF2N3O/c1-2-18-13-10(16)5-8(6-11(13)17)14(21)20-12-4-3-9(15)7-19-12/h3-7,18H,2H2,1H3,(H,19,20,21). The highest BCUT2D eigenvalue weighted by molar-refractivity contribution is 6.30. The molecule has 0 aliphatic heterocycles. The fourth-order valence-electron chi connectivity index (χ4n) is 1.69. The van der Waals surface area contributed by atoms with Crippen molar-refractivity contribution in [3.8, 4) is 0 Å². The molecule has 0 spiro atoms. The highest BCUT2D eigenvalue weighted by Crippen LogP contribution is 2.21. The van der Waals surface area contributed by atoms with Crippen molar-refractivity contribution in [2.45, 2.75) is 6.92 Å². The van der Waals surface area contributed by atoms with Crippen molar-refractivity contribution in [3.63, 3.8) is 0 Å². The molecule has 0 fully saturated rings. The molecule has 2 aromatic rings. The van der Waals surface area contributed by atoms with E-state index in [1.165, 1.54) is 12.3 Å². The third-order valence-electron chi connectivity index (χ3n) is 2.63. The number of pyridine rings is 1. The van der Waals surface area contributed by atoms with Crippen LogP contribution in [-0.2, 0) is 0 Å². The van der Waals surface area contributed by atoms with Crippen LogP contribution in [0.5, 0.6) is 0 Å². The van der Waals surface area contributed by atoms with Crippen molar-refractivity contribution in [2.75, 3.05) is 17.2 Å². The molecule has 7 heteroatoms. The lowest BCUT2D eigenvalue weighted by molar-refractivity contribution is 0.102. The first-order valence-corrected chi connectivity index (χ1v) is 6.55. The molecular weight excluding hydrogens is 300 g/mol. The average Bonchev–Trinajstić information content (AvgIpc) is 2.45. The van der Waals surface area contributed by atoms with Gasteiger partial charge in [0.25, 0.3) is 5.91 Å². The van der Waals surface area contributed by atoms with Crippen LogP contribution in [0.4, 0.5) is 20.3 Å². The Labute approximate surface area is 125 Å². The van der Waals surface area contributed by atoms with Gasteiger partial charge in [-0.2, -0.15) is 0 Å². The summed E-state index contributed by atoms with van der Waals surface area (Å²) >= 11 is 5.67. The van der Waals surface area contributed by atoms with Gasteiger partial charge in [0, 0.05) is 18.3 Å².